The number of aliphatic hydroxyl groups is 1. The van der Waals surface area contributed by atoms with Gasteiger partial charge in [-0.2, -0.15) is 0 Å². The maximum absolute atomic E-state index is 10.5. The molecule has 82 valence electrons. The molecular formula is C13H18OS. The number of rotatable bonds is 2. The van der Waals surface area contributed by atoms with Crippen LogP contribution in [0.15, 0.2) is 23.1 Å². The van der Waals surface area contributed by atoms with Crippen LogP contribution >= 0.6 is 11.8 Å². The first-order valence-corrected chi connectivity index (χ1v) is 6.75. The Bertz CT molecular complexity index is 354. The average molecular weight is 222 g/mol. The van der Waals surface area contributed by atoms with Crippen LogP contribution in [0.2, 0.25) is 0 Å². The van der Waals surface area contributed by atoms with E-state index < -0.39 is 5.60 Å². The second-order valence-corrected chi connectivity index (χ2v) is 5.36. The van der Waals surface area contributed by atoms with E-state index in [1.54, 1.807) is 11.8 Å². The van der Waals surface area contributed by atoms with E-state index >= 15 is 0 Å². The largest absolute Gasteiger partial charge is 0.385 e. The Morgan fingerprint density at radius 1 is 1.20 bits per heavy atom. The summed E-state index contributed by atoms with van der Waals surface area (Å²) in [6.07, 6.45) is 6.23. The third-order valence-electron chi connectivity index (χ3n) is 3.25. The van der Waals surface area contributed by atoms with Crippen molar-refractivity contribution in [2.45, 2.75) is 43.1 Å². The summed E-state index contributed by atoms with van der Waals surface area (Å²) in [4.78, 5) is 1.25. The van der Waals surface area contributed by atoms with E-state index in [-0.39, 0.29) is 0 Å². The van der Waals surface area contributed by atoms with Crippen molar-refractivity contribution in [3.63, 3.8) is 0 Å². The molecule has 0 aromatic heterocycles. The third kappa shape index (κ3) is 2.21. The van der Waals surface area contributed by atoms with Gasteiger partial charge in [0, 0.05) is 4.90 Å². The summed E-state index contributed by atoms with van der Waals surface area (Å²) in [6.45, 7) is 2.10. The van der Waals surface area contributed by atoms with E-state index in [1.807, 2.05) is 0 Å². The molecule has 1 fully saturated rings. The van der Waals surface area contributed by atoms with Crippen LogP contribution in [0.4, 0.5) is 0 Å². The summed E-state index contributed by atoms with van der Waals surface area (Å²) in [6, 6.07) is 6.44. The van der Waals surface area contributed by atoms with E-state index in [1.165, 1.54) is 10.5 Å². The van der Waals surface area contributed by atoms with Gasteiger partial charge in [0.1, 0.15) is 0 Å². The fraction of sp³-hybridized carbons (Fsp3) is 0.538. The number of aryl methyl sites for hydroxylation is 1. The standard InChI is InChI=1S/C13H18OS/c1-10-7-11(9-12(8-10)15-2)13(14)5-3-4-6-13/h7-9,14H,3-6H2,1-2H3. The fourth-order valence-corrected chi connectivity index (χ4v) is 2.93. The number of hydrogen-bond donors (Lipinski definition) is 1. The molecule has 15 heavy (non-hydrogen) atoms. The first kappa shape index (κ1) is 11.0. The van der Waals surface area contributed by atoms with Crippen molar-refractivity contribution in [1.82, 2.24) is 0 Å². The van der Waals surface area contributed by atoms with E-state index in [4.69, 9.17) is 0 Å². The van der Waals surface area contributed by atoms with Gasteiger partial charge in [0.2, 0.25) is 0 Å². The quantitative estimate of drug-likeness (QED) is 0.773. The molecule has 1 nitrogen and oxygen atoms in total. The van der Waals surface area contributed by atoms with Gasteiger partial charge >= 0.3 is 0 Å². The van der Waals surface area contributed by atoms with Gasteiger partial charge in [-0.3, -0.25) is 0 Å². The van der Waals surface area contributed by atoms with Crippen LogP contribution in [0.3, 0.4) is 0 Å². The van der Waals surface area contributed by atoms with Crippen molar-refractivity contribution >= 4 is 11.8 Å². The predicted molar refractivity (Wildman–Crippen MR) is 65.3 cm³/mol. The molecule has 1 N–H and O–H groups in total. The molecule has 0 bridgehead atoms. The molecule has 1 aromatic rings. The van der Waals surface area contributed by atoms with Crippen molar-refractivity contribution in [2.24, 2.45) is 0 Å². The van der Waals surface area contributed by atoms with Crippen LogP contribution in [0.1, 0.15) is 36.8 Å². The minimum atomic E-state index is -0.545. The normalized spacial score (nSPS) is 19.4. The van der Waals surface area contributed by atoms with Crippen LogP contribution in [0.5, 0.6) is 0 Å². The zero-order valence-electron chi connectivity index (χ0n) is 9.42. The van der Waals surface area contributed by atoms with Crippen molar-refractivity contribution in [3.05, 3.63) is 29.3 Å². The zero-order chi connectivity index (χ0) is 10.9. The molecule has 0 unspecified atom stereocenters. The molecule has 0 spiro atoms. The van der Waals surface area contributed by atoms with Crippen molar-refractivity contribution < 1.29 is 5.11 Å². The van der Waals surface area contributed by atoms with Gasteiger partial charge < -0.3 is 5.11 Å². The van der Waals surface area contributed by atoms with E-state index in [0.29, 0.717) is 0 Å². The fourth-order valence-electron chi connectivity index (χ4n) is 2.38. The molecule has 0 atom stereocenters. The van der Waals surface area contributed by atoms with Crippen LogP contribution < -0.4 is 0 Å². The molecule has 1 aliphatic rings. The second-order valence-electron chi connectivity index (χ2n) is 4.48. The van der Waals surface area contributed by atoms with Crippen LogP contribution in [0, 0.1) is 6.92 Å². The summed E-state index contributed by atoms with van der Waals surface area (Å²) in [7, 11) is 0. The maximum atomic E-state index is 10.5. The highest BCUT2D eigenvalue weighted by Gasteiger charge is 2.33. The van der Waals surface area contributed by atoms with Gasteiger partial charge in [0.05, 0.1) is 5.60 Å². The third-order valence-corrected chi connectivity index (χ3v) is 3.96. The molecule has 0 amide bonds. The zero-order valence-corrected chi connectivity index (χ0v) is 10.2. The summed E-state index contributed by atoms with van der Waals surface area (Å²) in [5, 5.41) is 10.5. The lowest BCUT2D eigenvalue weighted by Crippen LogP contribution is -2.20. The molecular weight excluding hydrogens is 204 g/mol. The van der Waals surface area contributed by atoms with Gasteiger partial charge in [-0.05, 0) is 49.3 Å². The minimum absolute atomic E-state index is 0.545. The van der Waals surface area contributed by atoms with Crippen molar-refractivity contribution in [3.8, 4) is 0 Å². The molecule has 1 aromatic carbocycles. The summed E-state index contributed by atoms with van der Waals surface area (Å²) < 4.78 is 0. The first-order valence-electron chi connectivity index (χ1n) is 5.53. The number of hydrogen-bond acceptors (Lipinski definition) is 2. The van der Waals surface area contributed by atoms with E-state index in [0.717, 1.165) is 31.2 Å². The van der Waals surface area contributed by atoms with E-state index in [9.17, 15) is 5.11 Å². The Balaban J connectivity index is 2.38. The smallest absolute Gasteiger partial charge is 0.0897 e. The number of benzene rings is 1. The summed E-state index contributed by atoms with van der Waals surface area (Å²) >= 11 is 1.74. The van der Waals surface area contributed by atoms with Gasteiger partial charge in [-0.25, -0.2) is 0 Å². The van der Waals surface area contributed by atoms with E-state index in [2.05, 4.69) is 31.4 Å². The molecule has 0 heterocycles. The molecule has 2 heteroatoms. The number of thioether (sulfide) groups is 1. The summed E-state index contributed by atoms with van der Waals surface area (Å²) in [5.41, 5.74) is 1.82. The van der Waals surface area contributed by atoms with Crippen LogP contribution in [-0.2, 0) is 5.60 Å². The Morgan fingerprint density at radius 2 is 1.87 bits per heavy atom. The van der Waals surface area contributed by atoms with Gasteiger partial charge in [-0.1, -0.05) is 18.9 Å². The highest BCUT2D eigenvalue weighted by atomic mass is 32.2. The Kier molecular flexibility index (Phi) is 3.08. The lowest BCUT2D eigenvalue weighted by atomic mass is 9.91. The molecule has 0 aliphatic heterocycles. The average Bonchev–Trinajstić information content (AvgIpc) is 2.65. The van der Waals surface area contributed by atoms with Gasteiger partial charge in [0.15, 0.2) is 0 Å². The lowest BCUT2D eigenvalue weighted by Gasteiger charge is -2.23. The lowest BCUT2D eigenvalue weighted by molar-refractivity contribution is 0.0442. The van der Waals surface area contributed by atoms with Crippen molar-refractivity contribution in [1.29, 1.82) is 0 Å². The van der Waals surface area contributed by atoms with Gasteiger partial charge in [0.25, 0.3) is 0 Å². The minimum Gasteiger partial charge on any atom is -0.385 e. The van der Waals surface area contributed by atoms with Crippen molar-refractivity contribution in [2.75, 3.05) is 6.26 Å². The molecule has 1 aliphatic carbocycles. The summed E-state index contributed by atoms with van der Waals surface area (Å²) in [5.74, 6) is 0. The van der Waals surface area contributed by atoms with Gasteiger partial charge in [-0.15, -0.1) is 11.8 Å². The van der Waals surface area contributed by atoms with Crippen LogP contribution in [0.25, 0.3) is 0 Å². The molecule has 0 saturated heterocycles. The predicted octanol–water partition coefficient (Wildman–Crippen LogP) is 3.48. The molecule has 2 rings (SSSR count). The highest BCUT2D eigenvalue weighted by Crippen LogP contribution is 2.39. The second kappa shape index (κ2) is 4.18. The highest BCUT2D eigenvalue weighted by molar-refractivity contribution is 7.98. The maximum Gasteiger partial charge on any atom is 0.0897 e. The molecule has 1 saturated carbocycles. The Morgan fingerprint density at radius 3 is 2.47 bits per heavy atom. The monoisotopic (exact) mass is 222 g/mol. The SMILES string of the molecule is CSc1cc(C)cc(C2(O)CCCC2)c1. The first-order chi connectivity index (χ1) is 7.14. The molecule has 0 radical (unpaired) electrons. The Hall–Kier alpha value is -0.470. The van der Waals surface area contributed by atoms with Crippen LogP contribution in [-0.4, -0.2) is 11.4 Å². The topological polar surface area (TPSA) is 20.2 Å². The Labute approximate surface area is 95.9 Å².